The first-order valence-electron chi connectivity index (χ1n) is 9.79. The standard InChI is InChI=1S/C23H27N3O2/c1-16-13-18(17(2)26(16)21-9-11-22(28-3)12-10-21)14-19(15-24)23(27)25-20-7-5-4-6-8-20/h9-14,20H,4-8H2,1-3H3,(H,25,27). The summed E-state index contributed by atoms with van der Waals surface area (Å²) in [5, 5.41) is 12.6. The minimum Gasteiger partial charge on any atom is -0.497 e. The van der Waals surface area contributed by atoms with E-state index in [1.807, 2.05) is 44.2 Å². The largest absolute Gasteiger partial charge is 0.497 e. The molecule has 5 heteroatoms. The van der Waals surface area contributed by atoms with Gasteiger partial charge >= 0.3 is 0 Å². The van der Waals surface area contributed by atoms with E-state index >= 15 is 0 Å². The number of hydrogen-bond donors (Lipinski definition) is 1. The van der Waals surface area contributed by atoms with E-state index < -0.39 is 0 Å². The van der Waals surface area contributed by atoms with Gasteiger partial charge in [-0.1, -0.05) is 19.3 Å². The van der Waals surface area contributed by atoms with Crippen LogP contribution in [0.4, 0.5) is 0 Å². The molecule has 1 amide bonds. The summed E-state index contributed by atoms with van der Waals surface area (Å²) in [5.41, 5.74) is 4.07. The number of nitriles is 1. The highest BCUT2D eigenvalue weighted by atomic mass is 16.5. The van der Waals surface area contributed by atoms with Crippen LogP contribution in [0, 0.1) is 25.2 Å². The van der Waals surface area contributed by atoms with Gasteiger partial charge in [0.2, 0.25) is 0 Å². The van der Waals surface area contributed by atoms with Gasteiger partial charge in [0.1, 0.15) is 17.4 Å². The summed E-state index contributed by atoms with van der Waals surface area (Å²) in [6.07, 6.45) is 7.19. The van der Waals surface area contributed by atoms with Crippen molar-refractivity contribution in [3.05, 3.63) is 52.9 Å². The molecule has 1 N–H and O–H groups in total. The molecule has 1 aromatic carbocycles. The average Bonchev–Trinajstić information content (AvgIpc) is 3.00. The molecule has 0 spiro atoms. The number of nitrogens with one attached hydrogen (secondary N) is 1. The topological polar surface area (TPSA) is 67.0 Å². The van der Waals surface area contributed by atoms with Crippen LogP contribution >= 0.6 is 0 Å². The van der Waals surface area contributed by atoms with Gasteiger partial charge in [-0.2, -0.15) is 5.26 Å². The van der Waals surface area contributed by atoms with Crippen molar-refractivity contribution < 1.29 is 9.53 Å². The quantitative estimate of drug-likeness (QED) is 0.618. The molecule has 0 unspecified atom stereocenters. The fourth-order valence-corrected chi connectivity index (χ4v) is 3.88. The lowest BCUT2D eigenvalue weighted by Gasteiger charge is -2.22. The number of rotatable bonds is 5. The molecule has 0 aliphatic heterocycles. The maximum absolute atomic E-state index is 12.6. The van der Waals surface area contributed by atoms with E-state index in [1.165, 1.54) is 6.42 Å². The molecule has 0 atom stereocenters. The highest BCUT2D eigenvalue weighted by molar-refractivity contribution is 6.02. The zero-order valence-corrected chi connectivity index (χ0v) is 16.8. The predicted octanol–water partition coefficient (Wildman–Crippen LogP) is 4.46. The number of hydrogen-bond acceptors (Lipinski definition) is 3. The molecule has 1 fully saturated rings. The summed E-state index contributed by atoms with van der Waals surface area (Å²) >= 11 is 0. The summed E-state index contributed by atoms with van der Waals surface area (Å²) in [5.74, 6) is 0.529. The molecule has 0 saturated heterocycles. The number of nitrogens with zero attached hydrogens (tertiary/aromatic N) is 2. The van der Waals surface area contributed by atoms with Gasteiger partial charge < -0.3 is 14.6 Å². The van der Waals surface area contributed by atoms with Crippen LogP contribution in [-0.4, -0.2) is 23.6 Å². The summed E-state index contributed by atoms with van der Waals surface area (Å²) in [6, 6.07) is 12.1. The van der Waals surface area contributed by atoms with Gasteiger partial charge in [0, 0.05) is 23.1 Å². The number of methoxy groups -OCH3 is 1. The van der Waals surface area contributed by atoms with Crippen molar-refractivity contribution in [1.29, 1.82) is 5.26 Å². The molecule has 3 rings (SSSR count). The molecule has 5 nitrogen and oxygen atoms in total. The average molecular weight is 377 g/mol. The van der Waals surface area contributed by atoms with Gasteiger partial charge in [-0.25, -0.2) is 0 Å². The number of carbonyl (C=O) groups excluding carboxylic acids is 1. The van der Waals surface area contributed by atoms with E-state index in [9.17, 15) is 10.1 Å². The lowest BCUT2D eigenvalue weighted by atomic mass is 9.95. The molecule has 28 heavy (non-hydrogen) atoms. The van der Waals surface area contributed by atoms with Gasteiger partial charge in [0.05, 0.1) is 7.11 Å². The molecule has 0 bridgehead atoms. The van der Waals surface area contributed by atoms with E-state index in [-0.39, 0.29) is 17.5 Å². The number of amides is 1. The van der Waals surface area contributed by atoms with Crippen molar-refractivity contribution >= 4 is 12.0 Å². The van der Waals surface area contributed by atoms with Gasteiger partial charge in [0.15, 0.2) is 0 Å². The fraction of sp³-hybridized carbons (Fsp3) is 0.391. The van der Waals surface area contributed by atoms with E-state index in [1.54, 1.807) is 13.2 Å². The first-order valence-corrected chi connectivity index (χ1v) is 9.79. The van der Waals surface area contributed by atoms with Crippen molar-refractivity contribution in [1.82, 2.24) is 9.88 Å². The van der Waals surface area contributed by atoms with Crippen LogP contribution in [0.1, 0.15) is 49.1 Å². The Morgan fingerprint density at radius 1 is 1.21 bits per heavy atom. The zero-order chi connectivity index (χ0) is 20.1. The first-order chi connectivity index (χ1) is 13.5. The molecule has 1 aliphatic carbocycles. The van der Waals surface area contributed by atoms with Crippen LogP contribution in [0.15, 0.2) is 35.9 Å². The normalized spacial score (nSPS) is 15.1. The molecule has 0 radical (unpaired) electrons. The number of benzene rings is 1. The molecular formula is C23H27N3O2. The number of aromatic nitrogens is 1. The SMILES string of the molecule is COc1ccc(-n2c(C)cc(C=C(C#N)C(=O)NC3CCCCC3)c2C)cc1. The van der Waals surface area contributed by atoms with Crippen molar-refractivity contribution in [2.75, 3.05) is 7.11 Å². The van der Waals surface area contributed by atoms with Crippen LogP contribution in [-0.2, 0) is 4.79 Å². The van der Waals surface area contributed by atoms with E-state index in [0.29, 0.717) is 0 Å². The third-order valence-electron chi connectivity index (χ3n) is 5.41. The van der Waals surface area contributed by atoms with Crippen molar-refractivity contribution in [3.8, 4) is 17.5 Å². The monoisotopic (exact) mass is 377 g/mol. The summed E-state index contributed by atoms with van der Waals surface area (Å²) < 4.78 is 7.34. The second kappa shape index (κ2) is 8.79. The maximum atomic E-state index is 12.6. The second-order valence-electron chi connectivity index (χ2n) is 7.34. The van der Waals surface area contributed by atoms with Gasteiger partial charge in [-0.15, -0.1) is 0 Å². The Kier molecular flexibility index (Phi) is 6.20. The number of carbonyl (C=O) groups is 1. The Balaban J connectivity index is 1.85. The van der Waals surface area contributed by atoms with Crippen molar-refractivity contribution in [3.63, 3.8) is 0 Å². The van der Waals surface area contributed by atoms with Crippen LogP contribution in [0.2, 0.25) is 0 Å². The third kappa shape index (κ3) is 4.28. The van der Waals surface area contributed by atoms with Crippen LogP contribution in [0.5, 0.6) is 5.75 Å². The molecule has 2 aromatic rings. The van der Waals surface area contributed by atoms with Crippen LogP contribution in [0.25, 0.3) is 11.8 Å². The Morgan fingerprint density at radius 3 is 2.50 bits per heavy atom. The van der Waals surface area contributed by atoms with E-state index in [2.05, 4.69) is 16.0 Å². The Labute approximate surface area is 166 Å². The van der Waals surface area contributed by atoms with E-state index in [4.69, 9.17) is 4.74 Å². The van der Waals surface area contributed by atoms with Gasteiger partial charge in [-0.3, -0.25) is 4.79 Å². The predicted molar refractivity (Wildman–Crippen MR) is 110 cm³/mol. The van der Waals surface area contributed by atoms with Crippen LogP contribution in [0.3, 0.4) is 0 Å². The highest BCUT2D eigenvalue weighted by Crippen LogP contribution is 2.24. The highest BCUT2D eigenvalue weighted by Gasteiger charge is 2.19. The molecule has 1 saturated carbocycles. The minimum atomic E-state index is -0.274. The fourth-order valence-electron chi connectivity index (χ4n) is 3.88. The summed E-state index contributed by atoms with van der Waals surface area (Å²) in [7, 11) is 1.64. The maximum Gasteiger partial charge on any atom is 0.262 e. The van der Waals surface area contributed by atoms with Gasteiger partial charge in [-0.05, 0) is 68.7 Å². The first kappa shape index (κ1) is 19.8. The lowest BCUT2D eigenvalue weighted by molar-refractivity contribution is -0.117. The minimum absolute atomic E-state index is 0.153. The molecule has 1 aromatic heterocycles. The number of ether oxygens (including phenoxy) is 1. The summed E-state index contributed by atoms with van der Waals surface area (Å²) in [4.78, 5) is 12.6. The molecule has 1 heterocycles. The third-order valence-corrected chi connectivity index (χ3v) is 5.41. The Morgan fingerprint density at radius 2 is 1.89 bits per heavy atom. The molecular weight excluding hydrogens is 350 g/mol. The Hall–Kier alpha value is -3.00. The molecule has 146 valence electrons. The van der Waals surface area contributed by atoms with Crippen molar-refractivity contribution in [2.45, 2.75) is 52.0 Å². The summed E-state index contributed by atoms with van der Waals surface area (Å²) in [6.45, 7) is 4.01. The number of aryl methyl sites for hydroxylation is 1. The second-order valence-corrected chi connectivity index (χ2v) is 7.34. The Bertz CT molecular complexity index is 911. The van der Waals surface area contributed by atoms with Crippen LogP contribution < -0.4 is 10.1 Å². The van der Waals surface area contributed by atoms with Crippen molar-refractivity contribution in [2.24, 2.45) is 0 Å². The zero-order valence-electron chi connectivity index (χ0n) is 16.8. The lowest BCUT2D eigenvalue weighted by Crippen LogP contribution is -2.36. The smallest absolute Gasteiger partial charge is 0.262 e. The van der Waals surface area contributed by atoms with E-state index in [0.717, 1.165) is 54.1 Å². The van der Waals surface area contributed by atoms with Gasteiger partial charge in [0.25, 0.3) is 5.91 Å². The molecule has 1 aliphatic rings.